The molecular weight excluding hydrogens is 400 g/mol. The number of rotatable bonds is 5. The monoisotopic (exact) mass is 419 g/mol. The van der Waals surface area contributed by atoms with E-state index in [0.717, 1.165) is 13.0 Å². The molecule has 0 aliphatic carbocycles. The van der Waals surface area contributed by atoms with Gasteiger partial charge in [-0.15, -0.1) is 0 Å². The van der Waals surface area contributed by atoms with Crippen molar-refractivity contribution in [3.8, 4) is 5.75 Å². The summed E-state index contributed by atoms with van der Waals surface area (Å²) in [6.07, 6.45) is 3.55. The first-order valence-corrected chi connectivity index (χ1v) is 10.5. The maximum absolute atomic E-state index is 14.8. The summed E-state index contributed by atoms with van der Waals surface area (Å²) >= 11 is 0. The number of hydrogen-bond donors (Lipinski definition) is 3. The molecule has 0 saturated carbocycles. The summed E-state index contributed by atoms with van der Waals surface area (Å²) in [4.78, 5) is 8.25. The third-order valence-electron chi connectivity index (χ3n) is 4.42. The topological polar surface area (TPSA) is 91.7 Å². The molecule has 1 aromatic heterocycles. The van der Waals surface area contributed by atoms with E-state index in [1.54, 1.807) is 6.07 Å². The Hall–Kier alpha value is -2.69. The van der Waals surface area contributed by atoms with E-state index in [0.29, 0.717) is 23.5 Å². The molecule has 2 aromatic carbocycles. The van der Waals surface area contributed by atoms with E-state index < -0.39 is 22.6 Å². The molecule has 2 heterocycles. The van der Waals surface area contributed by atoms with Crippen molar-refractivity contribution in [1.82, 2.24) is 15.3 Å². The lowest BCUT2D eigenvalue weighted by atomic mass is 10.2. The maximum Gasteiger partial charge on any atom is 0.146 e. The van der Waals surface area contributed by atoms with Crippen molar-refractivity contribution < 1.29 is 18.1 Å². The molecule has 0 radical (unpaired) electrons. The molecule has 0 bridgehead atoms. The van der Waals surface area contributed by atoms with Gasteiger partial charge in [0.15, 0.2) is 0 Å². The van der Waals surface area contributed by atoms with Crippen molar-refractivity contribution in [3.63, 3.8) is 0 Å². The summed E-state index contributed by atoms with van der Waals surface area (Å²) in [5.41, 5.74) is 1.08. The van der Waals surface area contributed by atoms with Gasteiger partial charge in [0.25, 0.3) is 0 Å². The van der Waals surface area contributed by atoms with Crippen LogP contribution in [0, 0.1) is 11.6 Å². The van der Waals surface area contributed by atoms with Crippen molar-refractivity contribution in [3.05, 3.63) is 48.3 Å². The van der Waals surface area contributed by atoms with Crippen LogP contribution in [0.3, 0.4) is 0 Å². The molecule has 0 amide bonds. The molecule has 3 aromatic rings. The van der Waals surface area contributed by atoms with Gasteiger partial charge in [0.2, 0.25) is 0 Å². The normalized spacial score (nSPS) is 17.6. The summed E-state index contributed by atoms with van der Waals surface area (Å²) in [6.45, 7) is 1.52. The predicted octanol–water partition coefficient (Wildman–Crippen LogP) is 3.93. The van der Waals surface area contributed by atoms with Gasteiger partial charge in [-0.25, -0.2) is 23.1 Å². The Labute approximate surface area is 168 Å². The lowest BCUT2D eigenvalue weighted by Gasteiger charge is -2.17. The van der Waals surface area contributed by atoms with E-state index in [4.69, 9.17) is 4.74 Å². The van der Waals surface area contributed by atoms with Crippen LogP contribution in [0.1, 0.15) is 6.42 Å². The van der Waals surface area contributed by atoms with Crippen LogP contribution in [-0.2, 0) is 11.0 Å². The summed E-state index contributed by atoms with van der Waals surface area (Å²) in [7, 11) is -1.22. The fourth-order valence-corrected chi connectivity index (χ4v) is 3.57. The van der Waals surface area contributed by atoms with Crippen molar-refractivity contribution in [1.29, 1.82) is 0 Å². The van der Waals surface area contributed by atoms with E-state index >= 15 is 0 Å². The SMILES string of the molecule is CS(O)=Nc1cc(F)c2c(Nc3ccc(F)cc3O[C@@H]3CCNC3)ncnc2c1. The molecule has 10 heteroatoms. The third kappa shape index (κ3) is 4.50. The molecule has 3 N–H and O–H groups in total. The highest BCUT2D eigenvalue weighted by molar-refractivity contribution is 7.80. The third-order valence-corrected chi connectivity index (χ3v) is 4.89. The Bertz CT molecular complexity index is 1090. The number of benzene rings is 2. The van der Waals surface area contributed by atoms with Gasteiger partial charge in [-0.05, 0) is 31.2 Å². The van der Waals surface area contributed by atoms with Gasteiger partial charge in [0.1, 0.15) is 35.6 Å². The largest absolute Gasteiger partial charge is 0.487 e. The van der Waals surface area contributed by atoms with Gasteiger partial charge < -0.3 is 19.9 Å². The number of ether oxygens (including phenoxy) is 1. The van der Waals surface area contributed by atoms with Crippen molar-refractivity contribution in [2.24, 2.45) is 4.36 Å². The molecular formula is C19H19F2N5O2S. The number of fused-ring (bicyclic) bond motifs is 1. The first-order valence-electron chi connectivity index (χ1n) is 8.94. The van der Waals surface area contributed by atoms with E-state index in [1.165, 1.54) is 36.8 Å². The van der Waals surface area contributed by atoms with Crippen molar-refractivity contribution in [2.45, 2.75) is 12.5 Å². The van der Waals surface area contributed by atoms with Crippen LogP contribution < -0.4 is 15.4 Å². The molecule has 1 saturated heterocycles. The number of nitrogens with zero attached hydrogens (tertiary/aromatic N) is 3. The van der Waals surface area contributed by atoms with E-state index in [9.17, 15) is 13.3 Å². The standard InChI is InChI=1S/C19H19F2N5O2S/c1-29(27)26-12-7-14(21)18-16(8-12)23-10-24-19(18)25-15-3-2-11(20)6-17(15)28-13-4-5-22-9-13/h2-3,6-8,10,13,22H,4-5,9H2,1H3,(H,26,27)(H,23,24,25)/t13-,29?/m1/s1. The van der Waals surface area contributed by atoms with E-state index in [1.807, 2.05) is 0 Å². The second-order valence-corrected chi connectivity index (χ2v) is 7.66. The molecule has 152 valence electrons. The first-order chi connectivity index (χ1) is 14.0. The Balaban J connectivity index is 1.72. The zero-order chi connectivity index (χ0) is 20.4. The summed E-state index contributed by atoms with van der Waals surface area (Å²) in [6, 6.07) is 6.89. The molecule has 1 unspecified atom stereocenters. The second kappa shape index (κ2) is 8.36. The van der Waals surface area contributed by atoms with Crippen LogP contribution in [0.15, 0.2) is 41.0 Å². The van der Waals surface area contributed by atoms with Crippen LogP contribution in [0.5, 0.6) is 5.75 Å². The molecule has 1 aliphatic rings. The maximum atomic E-state index is 14.8. The predicted molar refractivity (Wildman–Crippen MR) is 109 cm³/mol. The van der Waals surface area contributed by atoms with Gasteiger partial charge >= 0.3 is 0 Å². The zero-order valence-electron chi connectivity index (χ0n) is 15.5. The van der Waals surface area contributed by atoms with E-state index in [-0.39, 0.29) is 23.0 Å². The van der Waals surface area contributed by atoms with Gasteiger partial charge in [-0.3, -0.25) is 0 Å². The molecule has 4 rings (SSSR count). The summed E-state index contributed by atoms with van der Waals surface area (Å²) in [5, 5.41) is 6.39. The van der Waals surface area contributed by atoms with Crippen LogP contribution in [0.2, 0.25) is 0 Å². The Kier molecular flexibility index (Phi) is 5.65. The molecule has 0 spiro atoms. The number of anilines is 2. The minimum absolute atomic E-state index is 0.0679. The minimum Gasteiger partial charge on any atom is -0.487 e. The lowest BCUT2D eigenvalue weighted by Crippen LogP contribution is -2.20. The number of hydrogen-bond acceptors (Lipinski definition) is 6. The van der Waals surface area contributed by atoms with Gasteiger partial charge in [0.05, 0.1) is 22.3 Å². The highest BCUT2D eigenvalue weighted by atomic mass is 32.2. The molecule has 1 fully saturated rings. The number of aromatic nitrogens is 2. The van der Waals surface area contributed by atoms with Gasteiger partial charge in [-0.1, -0.05) is 0 Å². The quantitative estimate of drug-likeness (QED) is 0.581. The highest BCUT2D eigenvalue weighted by Crippen LogP contribution is 2.34. The number of halogens is 2. The lowest BCUT2D eigenvalue weighted by molar-refractivity contribution is 0.223. The Morgan fingerprint density at radius 1 is 1.28 bits per heavy atom. The molecule has 1 aliphatic heterocycles. The van der Waals surface area contributed by atoms with Crippen LogP contribution >= 0.6 is 0 Å². The van der Waals surface area contributed by atoms with Gasteiger partial charge in [-0.2, -0.15) is 0 Å². The van der Waals surface area contributed by atoms with Crippen molar-refractivity contribution >= 4 is 39.1 Å². The minimum atomic E-state index is -1.22. The Morgan fingerprint density at radius 2 is 2.14 bits per heavy atom. The van der Waals surface area contributed by atoms with Crippen LogP contribution in [0.4, 0.5) is 26.0 Å². The fourth-order valence-electron chi connectivity index (χ4n) is 3.16. The highest BCUT2D eigenvalue weighted by Gasteiger charge is 2.19. The van der Waals surface area contributed by atoms with Crippen molar-refractivity contribution in [2.75, 3.05) is 24.7 Å². The number of nitrogens with one attached hydrogen (secondary N) is 2. The van der Waals surface area contributed by atoms with E-state index in [2.05, 4.69) is 25.0 Å². The molecule has 7 nitrogen and oxygen atoms in total. The molecule has 2 atom stereocenters. The van der Waals surface area contributed by atoms with Gasteiger partial charge in [0, 0.05) is 35.9 Å². The average Bonchev–Trinajstić information content (AvgIpc) is 3.16. The second-order valence-electron chi connectivity index (χ2n) is 6.58. The zero-order valence-corrected chi connectivity index (χ0v) is 16.3. The Morgan fingerprint density at radius 3 is 2.90 bits per heavy atom. The smallest absolute Gasteiger partial charge is 0.146 e. The van der Waals surface area contributed by atoms with Crippen LogP contribution in [-0.4, -0.2) is 40.0 Å². The fraction of sp³-hybridized carbons (Fsp3) is 0.263. The first kappa shape index (κ1) is 19.6. The van der Waals surface area contributed by atoms with Crippen LogP contribution in [0.25, 0.3) is 10.9 Å². The average molecular weight is 419 g/mol. The summed E-state index contributed by atoms with van der Waals surface area (Å²) in [5.74, 6) is -0.466. The summed E-state index contributed by atoms with van der Waals surface area (Å²) < 4.78 is 47.9. The molecule has 29 heavy (non-hydrogen) atoms.